The fourth-order valence-electron chi connectivity index (χ4n) is 0.994. The van der Waals surface area contributed by atoms with Crippen LogP contribution in [0.1, 0.15) is 10.4 Å². The minimum absolute atomic E-state index is 0.297. The lowest BCUT2D eigenvalue weighted by atomic mass is 10.2. The second-order valence-electron chi connectivity index (χ2n) is 2.70. The van der Waals surface area contributed by atoms with Crippen molar-refractivity contribution in [3.63, 3.8) is 0 Å². The standard InChI is InChI=1S/C8H9FN2O3/c1-10-8(14)4-3-11(2)7(9)6(13)5(4)12/h3,13H,1-2H3,(H,10,14). The largest absolute Gasteiger partial charge is 0.501 e. The van der Waals surface area contributed by atoms with E-state index in [-0.39, 0.29) is 5.56 Å². The molecular weight excluding hydrogens is 191 g/mol. The molecule has 0 aliphatic rings. The molecule has 0 bridgehead atoms. The number of aromatic hydroxyl groups is 1. The maximum absolute atomic E-state index is 12.9. The Labute approximate surface area is 78.8 Å². The molecule has 76 valence electrons. The summed E-state index contributed by atoms with van der Waals surface area (Å²) in [6.07, 6.45) is 1.02. The second-order valence-corrected chi connectivity index (χ2v) is 2.70. The van der Waals surface area contributed by atoms with E-state index in [4.69, 9.17) is 5.11 Å². The van der Waals surface area contributed by atoms with Gasteiger partial charge in [0.1, 0.15) is 5.56 Å². The molecule has 0 atom stereocenters. The van der Waals surface area contributed by atoms with Crippen LogP contribution in [-0.4, -0.2) is 22.6 Å². The zero-order valence-corrected chi connectivity index (χ0v) is 7.67. The number of carbonyl (C=O) groups excluding carboxylic acids is 1. The van der Waals surface area contributed by atoms with Crippen molar-refractivity contribution in [2.24, 2.45) is 7.05 Å². The molecule has 0 fully saturated rings. The third-order valence-corrected chi connectivity index (χ3v) is 1.76. The maximum Gasteiger partial charge on any atom is 0.256 e. The quantitative estimate of drug-likeness (QED) is 0.605. The molecule has 0 radical (unpaired) electrons. The zero-order chi connectivity index (χ0) is 10.9. The van der Waals surface area contributed by atoms with Crippen LogP contribution in [0.15, 0.2) is 11.0 Å². The fourth-order valence-corrected chi connectivity index (χ4v) is 0.994. The summed E-state index contributed by atoms with van der Waals surface area (Å²) in [6.45, 7) is 0. The number of hydrogen-bond acceptors (Lipinski definition) is 3. The predicted molar refractivity (Wildman–Crippen MR) is 46.7 cm³/mol. The highest BCUT2D eigenvalue weighted by molar-refractivity contribution is 5.93. The minimum Gasteiger partial charge on any atom is -0.501 e. The second kappa shape index (κ2) is 3.49. The summed E-state index contributed by atoms with van der Waals surface area (Å²) in [5, 5.41) is 11.2. The van der Waals surface area contributed by atoms with Crippen LogP contribution in [0.2, 0.25) is 0 Å². The van der Waals surface area contributed by atoms with Crippen LogP contribution in [0.4, 0.5) is 4.39 Å². The normalized spacial score (nSPS) is 9.93. The number of halogens is 1. The van der Waals surface area contributed by atoms with Crippen molar-refractivity contribution in [3.05, 3.63) is 27.9 Å². The van der Waals surface area contributed by atoms with Gasteiger partial charge in [-0.2, -0.15) is 4.39 Å². The Balaban J connectivity index is 3.49. The molecule has 1 aromatic heterocycles. The van der Waals surface area contributed by atoms with Crippen LogP contribution in [0.5, 0.6) is 5.75 Å². The first-order valence-corrected chi connectivity index (χ1v) is 3.79. The number of amides is 1. The fraction of sp³-hybridized carbons (Fsp3) is 0.250. The van der Waals surface area contributed by atoms with E-state index in [1.807, 2.05) is 0 Å². The molecule has 5 nitrogen and oxygen atoms in total. The Hall–Kier alpha value is -1.85. The summed E-state index contributed by atoms with van der Waals surface area (Å²) in [5.41, 5.74) is -1.31. The third-order valence-electron chi connectivity index (χ3n) is 1.76. The summed E-state index contributed by atoms with van der Waals surface area (Å²) in [7, 11) is 2.61. The number of rotatable bonds is 1. The van der Waals surface area contributed by atoms with Gasteiger partial charge in [-0.25, -0.2) is 0 Å². The Bertz CT molecular complexity index is 439. The summed E-state index contributed by atoms with van der Waals surface area (Å²) < 4.78 is 13.8. The van der Waals surface area contributed by atoms with E-state index in [1.54, 1.807) is 0 Å². The highest BCUT2D eigenvalue weighted by atomic mass is 19.1. The highest BCUT2D eigenvalue weighted by Gasteiger charge is 2.16. The van der Waals surface area contributed by atoms with Crippen molar-refractivity contribution in [3.8, 4) is 5.75 Å². The van der Waals surface area contributed by atoms with Crippen LogP contribution in [0.3, 0.4) is 0 Å². The molecule has 0 saturated carbocycles. The van der Waals surface area contributed by atoms with E-state index < -0.39 is 23.0 Å². The smallest absolute Gasteiger partial charge is 0.256 e. The van der Waals surface area contributed by atoms with Gasteiger partial charge in [0.25, 0.3) is 5.91 Å². The molecule has 0 aliphatic carbocycles. The molecule has 1 amide bonds. The van der Waals surface area contributed by atoms with Crippen molar-refractivity contribution in [2.75, 3.05) is 7.05 Å². The Morgan fingerprint density at radius 3 is 2.71 bits per heavy atom. The van der Waals surface area contributed by atoms with Gasteiger partial charge in [0.2, 0.25) is 17.1 Å². The van der Waals surface area contributed by atoms with Gasteiger partial charge in [-0.15, -0.1) is 0 Å². The topological polar surface area (TPSA) is 71.3 Å². The number of aryl methyl sites for hydroxylation is 1. The molecule has 0 spiro atoms. The predicted octanol–water partition coefficient (Wildman–Crippen LogP) is -0.410. The van der Waals surface area contributed by atoms with Crippen LogP contribution in [0.25, 0.3) is 0 Å². The van der Waals surface area contributed by atoms with Gasteiger partial charge >= 0.3 is 0 Å². The van der Waals surface area contributed by atoms with Crippen molar-refractivity contribution in [1.82, 2.24) is 9.88 Å². The minimum atomic E-state index is -1.07. The first-order chi connectivity index (χ1) is 6.49. The van der Waals surface area contributed by atoms with Crippen molar-refractivity contribution in [1.29, 1.82) is 0 Å². The summed E-state index contributed by atoms with van der Waals surface area (Å²) in [4.78, 5) is 22.3. The Morgan fingerprint density at radius 1 is 1.64 bits per heavy atom. The molecule has 1 aromatic rings. The molecule has 0 aromatic carbocycles. The van der Waals surface area contributed by atoms with Gasteiger partial charge in [-0.05, 0) is 0 Å². The van der Waals surface area contributed by atoms with Gasteiger partial charge in [0.05, 0.1) is 0 Å². The van der Waals surface area contributed by atoms with Crippen LogP contribution >= 0.6 is 0 Å². The average molecular weight is 200 g/mol. The number of nitrogens with zero attached hydrogens (tertiary/aromatic N) is 1. The van der Waals surface area contributed by atoms with Crippen LogP contribution in [0, 0.1) is 5.95 Å². The average Bonchev–Trinajstić information content (AvgIpc) is 2.19. The number of nitrogens with one attached hydrogen (secondary N) is 1. The van der Waals surface area contributed by atoms with Crippen LogP contribution in [-0.2, 0) is 7.05 Å². The molecule has 0 saturated heterocycles. The zero-order valence-electron chi connectivity index (χ0n) is 7.67. The first-order valence-electron chi connectivity index (χ1n) is 3.79. The summed E-state index contributed by atoms with van der Waals surface area (Å²) in [5.74, 6) is -2.78. The highest BCUT2D eigenvalue weighted by Crippen LogP contribution is 2.09. The molecule has 0 aliphatic heterocycles. The van der Waals surface area contributed by atoms with E-state index in [1.165, 1.54) is 14.1 Å². The Kier molecular flexibility index (Phi) is 2.55. The van der Waals surface area contributed by atoms with Gasteiger partial charge in [-0.3, -0.25) is 9.59 Å². The number of aromatic nitrogens is 1. The van der Waals surface area contributed by atoms with Crippen LogP contribution < -0.4 is 10.7 Å². The van der Waals surface area contributed by atoms with E-state index in [2.05, 4.69) is 5.32 Å². The van der Waals surface area contributed by atoms with Gasteiger partial charge in [0.15, 0.2) is 0 Å². The van der Waals surface area contributed by atoms with Crippen molar-refractivity contribution < 1.29 is 14.3 Å². The third kappa shape index (κ3) is 1.46. The maximum atomic E-state index is 12.9. The van der Waals surface area contributed by atoms with Gasteiger partial charge in [0, 0.05) is 20.3 Å². The lowest BCUT2D eigenvalue weighted by molar-refractivity contribution is 0.0960. The SMILES string of the molecule is CNC(=O)c1cn(C)c(F)c(O)c1=O. The summed E-state index contributed by atoms with van der Waals surface area (Å²) in [6, 6.07) is 0. The number of pyridine rings is 1. The van der Waals surface area contributed by atoms with E-state index in [0.717, 1.165) is 10.8 Å². The number of carbonyl (C=O) groups is 1. The van der Waals surface area contributed by atoms with Crippen molar-refractivity contribution >= 4 is 5.91 Å². The van der Waals surface area contributed by atoms with E-state index >= 15 is 0 Å². The van der Waals surface area contributed by atoms with E-state index in [9.17, 15) is 14.0 Å². The molecule has 14 heavy (non-hydrogen) atoms. The van der Waals surface area contributed by atoms with Gasteiger partial charge < -0.3 is 15.0 Å². The molecule has 2 N–H and O–H groups in total. The molecule has 0 unspecified atom stereocenters. The monoisotopic (exact) mass is 200 g/mol. The molecule has 1 heterocycles. The first kappa shape index (κ1) is 10.2. The van der Waals surface area contributed by atoms with Crippen molar-refractivity contribution in [2.45, 2.75) is 0 Å². The lowest BCUT2D eigenvalue weighted by Gasteiger charge is -2.05. The van der Waals surface area contributed by atoms with Gasteiger partial charge in [-0.1, -0.05) is 0 Å². The Morgan fingerprint density at radius 2 is 2.21 bits per heavy atom. The van der Waals surface area contributed by atoms with E-state index in [0.29, 0.717) is 0 Å². The molecule has 6 heteroatoms. The lowest BCUT2D eigenvalue weighted by Crippen LogP contribution is -2.27. The molecule has 1 rings (SSSR count). The number of hydrogen-bond donors (Lipinski definition) is 2. The summed E-state index contributed by atoms with van der Waals surface area (Å²) >= 11 is 0. The molecular formula is C8H9FN2O3.